The summed E-state index contributed by atoms with van der Waals surface area (Å²) in [5.41, 5.74) is 4.01. The number of sulfonamides is 1. The summed E-state index contributed by atoms with van der Waals surface area (Å²) in [6, 6.07) is 0. The molecule has 2 atom stereocenters. The minimum Gasteiger partial charge on any atom is -0.368 e. The number of nitrogens with zero attached hydrogens (tertiary/aromatic N) is 1. The van der Waals surface area contributed by atoms with E-state index in [1.807, 2.05) is 0 Å². The fourth-order valence-electron chi connectivity index (χ4n) is 0.928. The molecule has 11 heavy (non-hydrogen) atoms. The summed E-state index contributed by atoms with van der Waals surface area (Å²) in [4.78, 5) is 10.7. The molecular weight excluding hydrogens is 168 g/mol. The molecule has 0 aromatic heterocycles. The minimum atomic E-state index is -3.25. The van der Waals surface area contributed by atoms with Crippen molar-refractivity contribution in [1.82, 2.24) is 4.31 Å². The first-order valence-electron chi connectivity index (χ1n) is 3.06. The molecular formula is C5H10N2O3S. The Hall–Kier alpha value is -0.620. The molecule has 1 heterocycles. The van der Waals surface area contributed by atoms with E-state index in [0.717, 1.165) is 10.6 Å². The van der Waals surface area contributed by atoms with Crippen LogP contribution in [0.4, 0.5) is 0 Å². The van der Waals surface area contributed by atoms with Gasteiger partial charge in [0.05, 0.1) is 6.26 Å². The molecule has 1 fully saturated rings. The van der Waals surface area contributed by atoms with Gasteiger partial charge in [0.15, 0.2) is 0 Å². The van der Waals surface area contributed by atoms with Crippen molar-refractivity contribution >= 4 is 15.9 Å². The van der Waals surface area contributed by atoms with Crippen LogP contribution in [-0.2, 0) is 14.8 Å². The molecule has 0 saturated carbocycles. The van der Waals surface area contributed by atoms with E-state index < -0.39 is 21.5 Å². The van der Waals surface area contributed by atoms with Crippen molar-refractivity contribution in [2.24, 2.45) is 5.73 Å². The second-order valence-corrected chi connectivity index (χ2v) is 4.81. The van der Waals surface area contributed by atoms with Gasteiger partial charge in [0.2, 0.25) is 15.9 Å². The van der Waals surface area contributed by atoms with Crippen LogP contribution in [0.25, 0.3) is 0 Å². The Labute approximate surface area is 65.2 Å². The minimum absolute atomic E-state index is 0.209. The van der Waals surface area contributed by atoms with Crippen LogP contribution in [0.5, 0.6) is 0 Å². The van der Waals surface area contributed by atoms with Gasteiger partial charge in [-0.2, -0.15) is 4.31 Å². The zero-order chi connectivity index (χ0) is 8.86. The van der Waals surface area contributed by atoms with Gasteiger partial charge < -0.3 is 5.73 Å². The molecule has 0 spiro atoms. The van der Waals surface area contributed by atoms with E-state index in [9.17, 15) is 13.2 Å². The SMILES string of the molecule is CC1(C(N)=O)CN1S(C)(=O)=O. The highest BCUT2D eigenvalue weighted by Gasteiger charge is 2.58. The Morgan fingerprint density at radius 1 is 1.64 bits per heavy atom. The van der Waals surface area contributed by atoms with Crippen molar-refractivity contribution < 1.29 is 13.2 Å². The smallest absolute Gasteiger partial charge is 0.240 e. The Balaban J connectivity index is 2.84. The molecule has 2 unspecified atom stereocenters. The van der Waals surface area contributed by atoms with E-state index in [2.05, 4.69) is 0 Å². The maximum Gasteiger partial charge on any atom is 0.240 e. The first-order valence-corrected chi connectivity index (χ1v) is 4.91. The van der Waals surface area contributed by atoms with Crippen molar-refractivity contribution in [3.63, 3.8) is 0 Å². The first kappa shape index (κ1) is 8.48. The number of carbonyl (C=O) groups excluding carboxylic acids is 1. The average molecular weight is 178 g/mol. The number of hydrogen-bond acceptors (Lipinski definition) is 3. The summed E-state index contributed by atoms with van der Waals surface area (Å²) in [6.07, 6.45) is 1.06. The lowest BCUT2D eigenvalue weighted by molar-refractivity contribution is -0.120. The third-order valence-corrected chi connectivity index (χ3v) is 3.16. The van der Waals surface area contributed by atoms with Crippen molar-refractivity contribution in [3.8, 4) is 0 Å². The molecule has 64 valence electrons. The largest absolute Gasteiger partial charge is 0.368 e. The van der Waals surface area contributed by atoms with Crippen LogP contribution in [0.1, 0.15) is 6.92 Å². The topological polar surface area (TPSA) is 80.2 Å². The van der Waals surface area contributed by atoms with E-state index in [-0.39, 0.29) is 6.54 Å². The molecule has 1 aliphatic heterocycles. The first-order chi connectivity index (χ1) is 4.78. The number of carbonyl (C=O) groups is 1. The molecule has 0 radical (unpaired) electrons. The zero-order valence-corrected chi connectivity index (χ0v) is 7.18. The standard InChI is InChI=1S/C5H10N2O3S/c1-5(4(6)8)3-7(5)11(2,9)10/h3H2,1-2H3,(H2,6,8). The van der Waals surface area contributed by atoms with Gasteiger partial charge in [-0.1, -0.05) is 0 Å². The lowest BCUT2D eigenvalue weighted by Crippen LogP contribution is -2.34. The zero-order valence-electron chi connectivity index (χ0n) is 6.36. The molecule has 1 saturated heterocycles. The maximum absolute atomic E-state index is 10.8. The number of nitrogens with two attached hydrogens (primary N) is 1. The van der Waals surface area contributed by atoms with Crippen LogP contribution < -0.4 is 5.73 Å². The van der Waals surface area contributed by atoms with Gasteiger partial charge in [-0.15, -0.1) is 0 Å². The number of amides is 1. The fraction of sp³-hybridized carbons (Fsp3) is 0.800. The third-order valence-electron chi connectivity index (χ3n) is 1.83. The molecule has 1 aliphatic rings. The van der Waals surface area contributed by atoms with Gasteiger partial charge in [-0.3, -0.25) is 4.79 Å². The fourth-order valence-corrected chi connectivity index (χ4v) is 2.24. The lowest BCUT2D eigenvalue weighted by Gasteiger charge is -2.04. The lowest BCUT2D eigenvalue weighted by atomic mass is 10.2. The van der Waals surface area contributed by atoms with E-state index in [1.165, 1.54) is 6.92 Å². The molecule has 5 nitrogen and oxygen atoms in total. The number of primary amides is 1. The Bertz CT molecular complexity index is 297. The van der Waals surface area contributed by atoms with Gasteiger partial charge in [0.25, 0.3) is 0 Å². The Kier molecular flexibility index (Phi) is 1.50. The highest BCUT2D eigenvalue weighted by Crippen LogP contribution is 2.33. The predicted octanol–water partition coefficient (Wildman–Crippen LogP) is -1.49. The van der Waals surface area contributed by atoms with E-state index in [1.54, 1.807) is 0 Å². The van der Waals surface area contributed by atoms with Gasteiger partial charge in [0.1, 0.15) is 5.54 Å². The van der Waals surface area contributed by atoms with Gasteiger partial charge in [-0.25, -0.2) is 8.42 Å². The van der Waals surface area contributed by atoms with Crippen molar-refractivity contribution in [2.75, 3.05) is 12.8 Å². The van der Waals surface area contributed by atoms with Gasteiger partial charge in [-0.05, 0) is 6.92 Å². The molecule has 2 N–H and O–H groups in total. The predicted molar refractivity (Wildman–Crippen MR) is 39.1 cm³/mol. The quantitative estimate of drug-likeness (QED) is 0.523. The van der Waals surface area contributed by atoms with E-state index >= 15 is 0 Å². The second kappa shape index (κ2) is 1.95. The average Bonchev–Trinajstić information content (AvgIpc) is 2.41. The normalized spacial score (nSPS) is 36.7. The highest BCUT2D eigenvalue weighted by atomic mass is 32.2. The summed E-state index contributed by atoms with van der Waals surface area (Å²) < 4.78 is 22.7. The molecule has 1 amide bonds. The molecule has 0 aromatic carbocycles. The summed E-state index contributed by atoms with van der Waals surface area (Å²) >= 11 is 0. The van der Waals surface area contributed by atoms with Crippen LogP contribution in [0.15, 0.2) is 0 Å². The summed E-state index contributed by atoms with van der Waals surface area (Å²) in [7, 11) is -3.25. The van der Waals surface area contributed by atoms with Crippen LogP contribution in [0.3, 0.4) is 0 Å². The molecule has 6 heteroatoms. The van der Waals surface area contributed by atoms with Crippen molar-refractivity contribution in [1.29, 1.82) is 0 Å². The van der Waals surface area contributed by atoms with Crippen molar-refractivity contribution in [3.05, 3.63) is 0 Å². The molecule has 1 rings (SSSR count). The summed E-state index contributed by atoms with van der Waals surface area (Å²) in [5.74, 6) is -0.595. The number of rotatable bonds is 2. The van der Waals surface area contributed by atoms with E-state index in [0.29, 0.717) is 0 Å². The molecule has 0 bridgehead atoms. The van der Waals surface area contributed by atoms with Crippen LogP contribution in [-0.4, -0.2) is 37.0 Å². The van der Waals surface area contributed by atoms with Crippen LogP contribution in [0.2, 0.25) is 0 Å². The highest BCUT2D eigenvalue weighted by molar-refractivity contribution is 7.88. The van der Waals surface area contributed by atoms with Crippen molar-refractivity contribution in [2.45, 2.75) is 12.5 Å². The third kappa shape index (κ3) is 1.23. The Morgan fingerprint density at radius 2 is 2.09 bits per heavy atom. The molecule has 0 aliphatic carbocycles. The summed E-state index contributed by atoms with van der Waals surface area (Å²) in [6.45, 7) is 1.72. The van der Waals surface area contributed by atoms with Gasteiger partial charge >= 0.3 is 0 Å². The summed E-state index contributed by atoms with van der Waals surface area (Å²) in [5, 5.41) is 0. The van der Waals surface area contributed by atoms with E-state index in [4.69, 9.17) is 5.73 Å². The number of hydrogen-bond donors (Lipinski definition) is 1. The van der Waals surface area contributed by atoms with Crippen LogP contribution >= 0.6 is 0 Å². The second-order valence-electron chi connectivity index (χ2n) is 2.91. The Morgan fingerprint density at radius 3 is 2.18 bits per heavy atom. The maximum atomic E-state index is 10.8. The molecule has 0 aromatic rings. The van der Waals surface area contributed by atoms with Gasteiger partial charge in [0, 0.05) is 6.54 Å². The van der Waals surface area contributed by atoms with Crippen LogP contribution in [0, 0.1) is 0 Å². The monoisotopic (exact) mass is 178 g/mol.